The van der Waals surface area contributed by atoms with Gasteiger partial charge in [-0.2, -0.15) is 19.6 Å². The summed E-state index contributed by atoms with van der Waals surface area (Å²) in [5.41, 5.74) is 3.21. The van der Waals surface area contributed by atoms with Crippen LogP contribution < -0.4 is 0 Å². The molecule has 4 heterocycles. The average molecular weight is 657 g/mol. The first-order chi connectivity index (χ1) is 23.0. The number of nitro groups is 2. The van der Waals surface area contributed by atoms with Gasteiger partial charge in [0, 0.05) is 49.5 Å². The Bertz CT molecular complexity index is 1980. The second-order valence-corrected chi connectivity index (χ2v) is 10.2. The van der Waals surface area contributed by atoms with Gasteiger partial charge in [-0.1, -0.05) is 0 Å². The molecule has 0 radical (unpaired) electrons. The highest BCUT2D eigenvalue weighted by Gasteiger charge is 2.27. The number of non-ortho nitro benzene ring substituents is 2. The first kappa shape index (κ1) is 31.1. The number of aryl methyl sites for hydroxylation is 2. The molecule has 2 unspecified atom stereocenters. The Labute approximate surface area is 268 Å². The van der Waals surface area contributed by atoms with Crippen molar-refractivity contribution < 1.29 is 24.1 Å². The monoisotopic (exact) mass is 656 g/mol. The molecule has 48 heavy (non-hydrogen) atoms. The second-order valence-electron chi connectivity index (χ2n) is 10.2. The highest BCUT2D eigenvalue weighted by Crippen LogP contribution is 2.34. The zero-order chi connectivity index (χ0) is 34.1. The summed E-state index contributed by atoms with van der Waals surface area (Å²) in [6.07, 6.45) is -0.0764. The molecule has 0 spiro atoms. The predicted octanol–water partition coefficient (Wildman–Crippen LogP) is 3.50. The summed E-state index contributed by atoms with van der Waals surface area (Å²) >= 11 is 0. The largest absolute Gasteiger partial charge is 0.512 e. The molecule has 0 aliphatic rings. The van der Waals surface area contributed by atoms with Crippen molar-refractivity contribution in [1.29, 1.82) is 0 Å². The van der Waals surface area contributed by atoms with Crippen molar-refractivity contribution in [2.75, 3.05) is 0 Å². The molecule has 0 amide bonds. The number of aromatic nitrogens is 12. The number of nitro benzene ring substituents is 2. The fourth-order valence-electron chi connectivity index (χ4n) is 4.95. The molecule has 244 valence electrons. The molecule has 2 aromatic carbocycles. The van der Waals surface area contributed by atoms with Gasteiger partial charge in [-0.25, -0.2) is 4.79 Å². The topological polar surface area (TPSA) is 245 Å². The van der Waals surface area contributed by atoms with E-state index in [2.05, 4.69) is 41.2 Å². The Kier molecular flexibility index (Phi) is 8.06. The molecule has 21 heteroatoms. The maximum absolute atomic E-state index is 13.0. The van der Waals surface area contributed by atoms with E-state index < -0.39 is 28.5 Å². The van der Waals surface area contributed by atoms with Crippen molar-refractivity contribution in [3.05, 3.63) is 81.2 Å². The smallest absolute Gasteiger partial charge is 0.408 e. The molecular weight excluding hydrogens is 632 g/mol. The SMILES string of the molecule is CC(OC(=O)OC(C)n1nnnc1-c1c(-c2ccc([N+](=O)[O-])cc2)cnn1C)n1nnnc1-c1c(-c2ccc([N+](=O)[O-])cc2)cnn1C. The van der Waals surface area contributed by atoms with Gasteiger partial charge in [0.05, 0.1) is 22.2 Å². The van der Waals surface area contributed by atoms with Gasteiger partial charge in [0.25, 0.3) is 11.4 Å². The lowest BCUT2D eigenvalue weighted by Gasteiger charge is -2.18. The van der Waals surface area contributed by atoms with E-state index in [-0.39, 0.29) is 23.0 Å². The van der Waals surface area contributed by atoms with Gasteiger partial charge < -0.3 is 9.47 Å². The van der Waals surface area contributed by atoms with Crippen LogP contribution >= 0.6 is 0 Å². The molecule has 0 fully saturated rings. The molecule has 0 N–H and O–H groups in total. The number of tetrazole rings is 2. The number of ether oxygens (including phenoxy) is 2. The van der Waals surface area contributed by atoms with E-state index in [4.69, 9.17) is 9.47 Å². The number of hydrogen-bond acceptors (Lipinski definition) is 15. The standard InChI is InChI=1S/C27H24N14O7/c1-15(38-25(30-32-34-38)23-21(13-28-36(23)3)17-5-9-19(10-6-17)40(43)44)47-27(42)48-16(2)39-26(31-33-35-39)24-22(14-29-37(24)4)18-7-11-20(12-8-18)41(45)46/h5-16H,1-4H3. The third-order valence-electron chi connectivity index (χ3n) is 7.29. The summed E-state index contributed by atoms with van der Waals surface area (Å²) in [7, 11) is 3.34. The summed E-state index contributed by atoms with van der Waals surface area (Å²) in [6.45, 7) is 3.06. The first-order valence-electron chi connectivity index (χ1n) is 14.0. The van der Waals surface area contributed by atoms with Gasteiger partial charge in [0.2, 0.25) is 11.6 Å². The van der Waals surface area contributed by atoms with Crippen molar-refractivity contribution in [2.45, 2.75) is 26.3 Å². The fraction of sp³-hybridized carbons (Fsp3) is 0.222. The van der Waals surface area contributed by atoms with Crippen LogP contribution in [0, 0.1) is 20.2 Å². The third kappa shape index (κ3) is 5.77. The van der Waals surface area contributed by atoms with Crippen LogP contribution in [-0.2, 0) is 23.6 Å². The van der Waals surface area contributed by atoms with E-state index in [1.807, 2.05) is 0 Å². The van der Waals surface area contributed by atoms with Crippen LogP contribution in [-0.4, -0.2) is 76.0 Å². The van der Waals surface area contributed by atoms with Crippen molar-refractivity contribution in [3.63, 3.8) is 0 Å². The Hall–Kier alpha value is -6.93. The van der Waals surface area contributed by atoms with E-state index >= 15 is 0 Å². The summed E-state index contributed by atoms with van der Waals surface area (Å²) in [4.78, 5) is 34.2. The third-order valence-corrected chi connectivity index (χ3v) is 7.29. The zero-order valence-corrected chi connectivity index (χ0v) is 25.5. The summed E-state index contributed by atoms with van der Waals surface area (Å²) < 4.78 is 16.6. The average Bonchev–Trinajstić information content (AvgIpc) is 3.87. The number of hydrogen-bond donors (Lipinski definition) is 0. The van der Waals surface area contributed by atoms with Crippen LogP contribution in [0.1, 0.15) is 26.3 Å². The van der Waals surface area contributed by atoms with Crippen molar-refractivity contribution in [1.82, 2.24) is 60.0 Å². The maximum Gasteiger partial charge on any atom is 0.512 e. The van der Waals surface area contributed by atoms with Crippen LogP contribution in [0.5, 0.6) is 0 Å². The Balaban J connectivity index is 1.20. The molecule has 2 atom stereocenters. The van der Waals surface area contributed by atoms with Gasteiger partial charge in [-0.15, -0.1) is 10.2 Å². The molecule has 21 nitrogen and oxygen atoms in total. The highest BCUT2D eigenvalue weighted by atomic mass is 16.7. The first-order valence-corrected chi connectivity index (χ1v) is 14.0. The predicted molar refractivity (Wildman–Crippen MR) is 161 cm³/mol. The van der Waals surface area contributed by atoms with Gasteiger partial charge in [0.1, 0.15) is 11.4 Å². The van der Waals surface area contributed by atoms with Crippen molar-refractivity contribution in [2.24, 2.45) is 14.1 Å². The number of carbonyl (C=O) groups excluding carboxylic acids is 1. The minimum Gasteiger partial charge on any atom is -0.408 e. The summed E-state index contributed by atoms with van der Waals surface area (Å²) in [6, 6.07) is 11.8. The lowest BCUT2D eigenvalue weighted by Crippen LogP contribution is -2.22. The maximum atomic E-state index is 13.0. The van der Waals surface area contributed by atoms with Gasteiger partial charge in [-0.3, -0.25) is 29.6 Å². The van der Waals surface area contributed by atoms with E-state index in [9.17, 15) is 25.0 Å². The molecule has 0 saturated heterocycles. The number of nitrogens with zero attached hydrogens (tertiary/aromatic N) is 14. The second kappa shape index (κ2) is 12.5. The zero-order valence-electron chi connectivity index (χ0n) is 25.5. The van der Waals surface area contributed by atoms with Crippen molar-refractivity contribution in [3.8, 4) is 45.3 Å². The van der Waals surface area contributed by atoms with Crippen LogP contribution in [0.2, 0.25) is 0 Å². The van der Waals surface area contributed by atoms with Crippen LogP contribution in [0.25, 0.3) is 45.3 Å². The normalized spacial score (nSPS) is 12.4. The van der Waals surface area contributed by atoms with Crippen LogP contribution in [0.4, 0.5) is 16.2 Å². The van der Waals surface area contributed by atoms with Gasteiger partial charge >= 0.3 is 6.16 Å². The molecule has 0 aliphatic carbocycles. The van der Waals surface area contributed by atoms with Crippen molar-refractivity contribution >= 4 is 17.5 Å². The van der Waals surface area contributed by atoms with E-state index in [0.29, 0.717) is 33.6 Å². The van der Waals surface area contributed by atoms with E-state index in [1.165, 1.54) is 56.8 Å². The number of rotatable bonds is 10. The van der Waals surface area contributed by atoms with Crippen LogP contribution in [0.3, 0.4) is 0 Å². The van der Waals surface area contributed by atoms with Crippen LogP contribution in [0.15, 0.2) is 60.9 Å². The number of benzene rings is 2. The molecule has 6 aromatic rings. The fourth-order valence-corrected chi connectivity index (χ4v) is 4.95. The van der Waals surface area contributed by atoms with Gasteiger partial charge in [-0.05, 0) is 70.1 Å². The quantitative estimate of drug-likeness (QED) is 0.116. The molecule has 4 aromatic heterocycles. The minimum atomic E-state index is -1.08. The molecular formula is C27H24N14O7. The van der Waals surface area contributed by atoms with E-state index in [1.54, 1.807) is 50.8 Å². The summed E-state index contributed by atoms with van der Waals surface area (Å²) in [5, 5.41) is 54.5. The minimum absolute atomic E-state index is 0.0668. The summed E-state index contributed by atoms with van der Waals surface area (Å²) in [5.74, 6) is 0.406. The Morgan fingerprint density at radius 1 is 0.688 bits per heavy atom. The highest BCUT2D eigenvalue weighted by molar-refractivity contribution is 5.79. The van der Waals surface area contributed by atoms with Gasteiger partial charge in [0.15, 0.2) is 12.5 Å². The lowest BCUT2D eigenvalue weighted by molar-refractivity contribution is -0.385. The number of carbonyl (C=O) groups is 1. The Morgan fingerprint density at radius 2 is 1.06 bits per heavy atom. The molecule has 6 rings (SSSR count). The molecule has 0 saturated carbocycles. The lowest BCUT2D eigenvalue weighted by atomic mass is 10.1. The molecule has 0 bridgehead atoms. The Morgan fingerprint density at radius 3 is 1.42 bits per heavy atom. The molecule has 0 aliphatic heterocycles. The van der Waals surface area contributed by atoms with E-state index in [0.717, 1.165) is 0 Å².